The first-order chi connectivity index (χ1) is 37.9. The third-order valence-corrected chi connectivity index (χ3v) is 15.5. The molecule has 79 heavy (non-hydrogen) atoms. The number of nitrogens with one attached hydrogen (secondary N) is 5. The van der Waals surface area contributed by atoms with Gasteiger partial charge in [0.1, 0.15) is 31.3 Å². The van der Waals surface area contributed by atoms with E-state index in [1.54, 1.807) is 50.2 Å². The summed E-state index contributed by atoms with van der Waals surface area (Å²) < 4.78 is 28.4. The molecule has 22 heteroatoms. The number of amides is 7. The molecule has 416 valence electrons. The number of ether oxygens (including phenoxy) is 2. The number of aromatic nitrogens is 2. The van der Waals surface area contributed by atoms with E-state index in [4.69, 9.17) is 14.5 Å². The number of fused-ring (bicyclic) bond motifs is 5. The third-order valence-electron chi connectivity index (χ3n) is 15.5. The molecule has 4 atom stereocenters. The molecular formula is C57H63FN8O13. The fourth-order valence-electron chi connectivity index (χ4n) is 11.0. The van der Waals surface area contributed by atoms with Crippen LogP contribution in [0.5, 0.6) is 0 Å². The molecule has 1 unspecified atom stereocenters. The van der Waals surface area contributed by atoms with E-state index < -0.39 is 84.3 Å². The Morgan fingerprint density at radius 1 is 0.861 bits per heavy atom. The summed E-state index contributed by atoms with van der Waals surface area (Å²) in [6.45, 7) is 1.59. The van der Waals surface area contributed by atoms with Crippen molar-refractivity contribution >= 4 is 64.0 Å². The normalized spacial score (nSPS) is 18.5. The zero-order valence-corrected chi connectivity index (χ0v) is 44.0. The average molecular weight is 1090 g/mol. The van der Waals surface area contributed by atoms with Gasteiger partial charge in [0.25, 0.3) is 17.4 Å². The first kappa shape index (κ1) is 55.8. The number of hydrogen-bond acceptors (Lipinski definition) is 14. The third kappa shape index (κ3) is 12.3. The molecule has 0 saturated heterocycles. The number of hydrogen-bond donors (Lipinski definition) is 6. The molecule has 2 aliphatic carbocycles. The lowest BCUT2D eigenvalue weighted by Crippen LogP contribution is -2.52. The van der Waals surface area contributed by atoms with Crippen LogP contribution in [0.1, 0.15) is 116 Å². The van der Waals surface area contributed by atoms with Crippen molar-refractivity contribution in [2.24, 2.45) is 5.92 Å². The van der Waals surface area contributed by atoms with Crippen molar-refractivity contribution in [3.63, 3.8) is 0 Å². The Balaban J connectivity index is 0.785. The van der Waals surface area contributed by atoms with E-state index >= 15 is 4.39 Å². The van der Waals surface area contributed by atoms with Gasteiger partial charge in [-0.25, -0.2) is 14.2 Å². The number of cyclic esters (lactones) is 1. The molecule has 2 aromatic heterocycles. The van der Waals surface area contributed by atoms with Crippen LogP contribution >= 0.6 is 0 Å². The van der Waals surface area contributed by atoms with E-state index in [9.17, 15) is 53.1 Å². The van der Waals surface area contributed by atoms with Crippen LogP contribution in [0.15, 0.2) is 59.4 Å². The maximum atomic E-state index is 15.6. The number of imide groups is 1. The second kappa shape index (κ2) is 23.9. The van der Waals surface area contributed by atoms with Gasteiger partial charge in [0.15, 0.2) is 11.4 Å². The molecule has 6 N–H and O–H groups in total. The van der Waals surface area contributed by atoms with Gasteiger partial charge in [-0.05, 0) is 85.6 Å². The Labute approximate surface area is 453 Å². The zero-order chi connectivity index (χ0) is 56.1. The van der Waals surface area contributed by atoms with Crippen molar-refractivity contribution in [1.82, 2.24) is 41.0 Å². The van der Waals surface area contributed by atoms with Crippen molar-refractivity contribution in [2.45, 2.75) is 128 Å². The molecule has 0 radical (unpaired) electrons. The Morgan fingerprint density at radius 3 is 2.30 bits per heavy atom. The largest absolute Gasteiger partial charge is 0.458 e. The van der Waals surface area contributed by atoms with Gasteiger partial charge in [-0.3, -0.25) is 48.1 Å². The number of benzene rings is 2. The molecule has 9 rings (SSSR count). The number of unbranched alkanes of at least 4 members (excludes halogenated alkanes) is 2. The van der Waals surface area contributed by atoms with Crippen LogP contribution in [0.25, 0.3) is 22.3 Å². The molecule has 0 spiro atoms. The van der Waals surface area contributed by atoms with Gasteiger partial charge in [0.2, 0.25) is 29.5 Å². The molecule has 21 nitrogen and oxygen atoms in total. The molecule has 2 aromatic carbocycles. The molecule has 5 heterocycles. The van der Waals surface area contributed by atoms with Crippen molar-refractivity contribution in [3.8, 4) is 11.4 Å². The predicted octanol–water partition coefficient (Wildman–Crippen LogP) is 2.34. The second-order valence-corrected chi connectivity index (χ2v) is 20.8. The Hall–Kier alpha value is -7.98. The standard InChI is InChI=1S/C57H63FN8O13/c1-3-57(77)38-23-42-53-36(28-66(42)55(75)37(38)29-78-56(57)76)51-34(15-16-35-31(2)39(58)24-40(64-53)52(35)51)22-43(67)44(21-33-13-14-33)79-30-62-47(70)26-61-54(74)41(20-32-10-6-4-7-11-32)63-48(71)27-60-46(69)25-59-45(68)12-8-5-9-19-65-49(72)17-18-50(65)73/h4,6-7,10-11,17-18,23-24,33-34,41,44,77H,3,5,8-9,12-16,19-22,25-30H2,1-2H3,(H,59,68)(H,60,69)(H,61,74)(H,62,70)(H,63,71)/t34-,41+,44?,57+/m1/s1. The van der Waals surface area contributed by atoms with Gasteiger partial charge in [0, 0.05) is 60.5 Å². The Bertz CT molecular complexity index is 3230. The van der Waals surface area contributed by atoms with Crippen molar-refractivity contribution in [1.29, 1.82) is 0 Å². The minimum Gasteiger partial charge on any atom is -0.458 e. The number of ketones is 1. The molecule has 0 bridgehead atoms. The summed E-state index contributed by atoms with van der Waals surface area (Å²) in [5.74, 6) is -5.45. The topological polar surface area (TPSA) is 291 Å². The Kier molecular flexibility index (Phi) is 16.9. The summed E-state index contributed by atoms with van der Waals surface area (Å²) >= 11 is 0. The summed E-state index contributed by atoms with van der Waals surface area (Å²) in [7, 11) is 0. The minimum atomic E-state index is -2.04. The molecule has 7 amide bonds. The lowest BCUT2D eigenvalue weighted by molar-refractivity contribution is -0.172. The number of aryl methyl sites for hydroxylation is 1. The Morgan fingerprint density at radius 2 is 1.57 bits per heavy atom. The second-order valence-electron chi connectivity index (χ2n) is 20.8. The average Bonchev–Trinajstić information content (AvgIpc) is 3.66. The maximum Gasteiger partial charge on any atom is 0.343 e. The smallest absolute Gasteiger partial charge is 0.343 e. The SMILES string of the molecule is CC[C@@]1(O)C(=O)OCc2c1cc1n(c2=O)Cc2c-1nc1cc(F)c(C)c3c1c2[C@@H](CC(=O)C(CC1CC1)OCNC(=O)CNC(=O)[C@H](Cc1ccccc1)NC(=O)CNC(=O)CNC(=O)CCCCCN1C(=O)C=CC1=O)CC3. The summed E-state index contributed by atoms with van der Waals surface area (Å²) in [6, 6.07) is 10.6. The van der Waals surface area contributed by atoms with Crippen LogP contribution in [0.3, 0.4) is 0 Å². The van der Waals surface area contributed by atoms with Gasteiger partial charge in [-0.2, -0.15) is 0 Å². The zero-order valence-electron chi connectivity index (χ0n) is 44.0. The fourth-order valence-corrected chi connectivity index (χ4v) is 11.0. The van der Waals surface area contributed by atoms with E-state index in [2.05, 4.69) is 26.6 Å². The van der Waals surface area contributed by atoms with Crippen LogP contribution in [-0.2, 0) is 84.2 Å². The van der Waals surface area contributed by atoms with Crippen molar-refractivity contribution in [3.05, 3.63) is 110 Å². The first-order valence-electron chi connectivity index (χ1n) is 26.8. The summed E-state index contributed by atoms with van der Waals surface area (Å²) in [6.07, 6.45) is 6.43. The van der Waals surface area contributed by atoms with Crippen LogP contribution in [0, 0.1) is 18.7 Å². The lowest BCUT2D eigenvalue weighted by atomic mass is 9.76. The number of aliphatic hydroxyl groups is 1. The quantitative estimate of drug-likeness (QED) is 0.0212. The molecular weight excluding hydrogens is 1020 g/mol. The molecule has 5 aliphatic rings. The minimum absolute atomic E-state index is 0.0351. The van der Waals surface area contributed by atoms with E-state index in [-0.39, 0.29) is 92.7 Å². The highest BCUT2D eigenvalue weighted by atomic mass is 19.1. The van der Waals surface area contributed by atoms with Crippen LogP contribution in [0.2, 0.25) is 0 Å². The number of nitrogens with zero attached hydrogens (tertiary/aromatic N) is 3. The highest BCUT2D eigenvalue weighted by Gasteiger charge is 2.46. The molecule has 3 aliphatic heterocycles. The predicted molar refractivity (Wildman–Crippen MR) is 281 cm³/mol. The summed E-state index contributed by atoms with van der Waals surface area (Å²) in [5.41, 5.74) is 2.38. The number of halogens is 1. The maximum absolute atomic E-state index is 15.6. The lowest BCUT2D eigenvalue weighted by Gasteiger charge is -2.31. The number of pyridine rings is 2. The van der Waals surface area contributed by atoms with E-state index in [1.165, 1.54) is 22.8 Å². The summed E-state index contributed by atoms with van der Waals surface area (Å²) in [4.78, 5) is 135. The highest BCUT2D eigenvalue weighted by molar-refractivity contribution is 6.12. The van der Waals surface area contributed by atoms with Crippen molar-refractivity contribution in [2.75, 3.05) is 32.9 Å². The monoisotopic (exact) mass is 1090 g/mol. The fraction of sp³-hybridized carbons (Fsp3) is 0.456. The van der Waals surface area contributed by atoms with Crippen LogP contribution in [-0.4, -0.2) is 118 Å². The summed E-state index contributed by atoms with van der Waals surface area (Å²) in [5, 5.41) is 24.8. The number of Topliss-reactive ketones (excluding diaryl/α,β-unsaturated/α-hetero) is 1. The first-order valence-corrected chi connectivity index (χ1v) is 26.8. The van der Waals surface area contributed by atoms with Crippen LogP contribution in [0.4, 0.5) is 4.39 Å². The van der Waals surface area contributed by atoms with Gasteiger partial charge >= 0.3 is 5.97 Å². The molecule has 1 fully saturated rings. The van der Waals surface area contributed by atoms with Gasteiger partial charge in [-0.1, -0.05) is 56.5 Å². The highest BCUT2D eigenvalue weighted by Crippen LogP contribution is 2.48. The van der Waals surface area contributed by atoms with Crippen LogP contribution < -0.4 is 32.1 Å². The number of rotatable bonds is 25. The molecule has 4 aromatic rings. The van der Waals surface area contributed by atoms with Gasteiger partial charge in [0.05, 0.1) is 48.6 Å². The van der Waals surface area contributed by atoms with Gasteiger partial charge in [-0.15, -0.1) is 0 Å². The van der Waals surface area contributed by atoms with E-state index in [0.717, 1.165) is 34.3 Å². The van der Waals surface area contributed by atoms with Crippen molar-refractivity contribution < 1.29 is 62.1 Å². The molecule has 1 saturated carbocycles. The van der Waals surface area contributed by atoms with E-state index in [1.807, 2.05) is 0 Å². The number of carbonyl (C=O) groups excluding carboxylic acids is 9. The van der Waals surface area contributed by atoms with E-state index in [0.29, 0.717) is 72.1 Å². The van der Waals surface area contributed by atoms with Gasteiger partial charge < -0.3 is 45.7 Å². The number of carbonyl (C=O) groups is 9. The number of esters is 1.